The maximum atomic E-state index is 5.68. The van der Waals surface area contributed by atoms with Crippen molar-refractivity contribution < 1.29 is 0 Å². The van der Waals surface area contributed by atoms with Gasteiger partial charge in [-0.3, -0.25) is 0 Å². The van der Waals surface area contributed by atoms with Crippen molar-refractivity contribution in [1.82, 2.24) is 20.4 Å². The first kappa shape index (κ1) is 7.17. The molecule has 0 unspecified atom stereocenters. The maximum absolute atomic E-state index is 5.68. The normalized spacial score (nSPS) is 13.5. The van der Waals surface area contributed by atoms with Crippen LogP contribution in [-0.2, 0) is 0 Å². The lowest BCUT2D eigenvalue weighted by molar-refractivity contribution is 0.814. The Morgan fingerprint density at radius 2 is 2.33 bits per heavy atom. The van der Waals surface area contributed by atoms with Crippen molar-refractivity contribution in [3.63, 3.8) is 0 Å². The summed E-state index contributed by atoms with van der Waals surface area (Å²) in [5.74, 6) is 0. The molecule has 0 aliphatic heterocycles. The lowest BCUT2D eigenvalue weighted by Crippen LogP contribution is -2.04. The van der Waals surface area contributed by atoms with E-state index in [4.69, 9.17) is 5.73 Å². The summed E-state index contributed by atoms with van der Waals surface area (Å²) in [5.41, 5.74) is 8.02. The molecule has 0 aliphatic carbocycles. The molecule has 0 aromatic carbocycles. The standard InChI is InChI=1S/C7H9N5/c1-4(8)5-2-6-7(9-3-5)11-12-10-6/h2-4H,8H2,1H3,(H,9,10,11,12)/t4-/m0/s1. The largest absolute Gasteiger partial charge is 0.324 e. The lowest BCUT2D eigenvalue weighted by atomic mass is 10.1. The van der Waals surface area contributed by atoms with Crippen molar-refractivity contribution in [3.05, 3.63) is 17.8 Å². The number of H-pyrrole nitrogens is 1. The molecule has 12 heavy (non-hydrogen) atoms. The number of nitrogens with zero attached hydrogens (tertiary/aromatic N) is 3. The molecule has 0 radical (unpaired) electrons. The molecule has 5 nitrogen and oxygen atoms in total. The van der Waals surface area contributed by atoms with Crippen LogP contribution < -0.4 is 5.73 Å². The first-order valence-corrected chi connectivity index (χ1v) is 3.69. The molecule has 2 aromatic heterocycles. The average Bonchev–Trinajstić information content (AvgIpc) is 2.49. The number of aromatic nitrogens is 4. The Morgan fingerprint density at radius 3 is 3.08 bits per heavy atom. The predicted octanol–water partition coefficient (Wildman–Crippen LogP) is 0.373. The minimum Gasteiger partial charge on any atom is -0.324 e. The van der Waals surface area contributed by atoms with Gasteiger partial charge in [-0.25, -0.2) is 4.98 Å². The number of rotatable bonds is 1. The van der Waals surface area contributed by atoms with E-state index in [9.17, 15) is 0 Å². The van der Waals surface area contributed by atoms with E-state index in [-0.39, 0.29) is 6.04 Å². The van der Waals surface area contributed by atoms with Gasteiger partial charge in [0.05, 0.1) is 0 Å². The summed E-state index contributed by atoms with van der Waals surface area (Å²) >= 11 is 0. The van der Waals surface area contributed by atoms with Crippen molar-refractivity contribution in [2.24, 2.45) is 5.73 Å². The second kappa shape index (κ2) is 2.53. The number of hydrogen-bond donors (Lipinski definition) is 2. The number of fused-ring (bicyclic) bond motifs is 1. The molecular formula is C7H9N5. The van der Waals surface area contributed by atoms with Crippen LogP contribution in [0.4, 0.5) is 0 Å². The van der Waals surface area contributed by atoms with Gasteiger partial charge in [-0.1, -0.05) is 0 Å². The van der Waals surface area contributed by atoms with Crippen LogP contribution in [0, 0.1) is 0 Å². The van der Waals surface area contributed by atoms with Crippen LogP contribution in [0.3, 0.4) is 0 Å². The van der Waals surface area contributed by atoms with Gasteiger partial charge in [0.1, 0.15) is 5.52 Å². The van der Waals surface area contributed by atoms with Gasteiger partial charge in [-0.2, -0.15) is 10.3 Å². The molecule has 1 atom stereocenters. The highest BCUT2D eigenvalue weighted by Crippen LogP contribution is 2.12. The smallest absolute Gasteiger partial charge is 0.201 e. The molecule has 2 rings (SSSR count). The average molecular weight is 163 g/mol. The van der Waals surface area contributed by atoms with Crippen LogP contribution >= 0.6 is 0 Å². The van der Waals surface area contributed by atoms with Crippen molar-refractivity contribution in [2.45, 2.75) is 13.0 Å². The van der Waals surface area contributed by atoms with Gasteiger partial charge in [0.2, 0.25) is 5.65 Å². The minimum atomic E-state index is -0.0152. The number of pyridine rings is 1. The second-order valence-electron chi connectivity index (χ2n) is 2.72. The third-order valence-electron chi connectivity index (χ3n) is 1.72. The number of aromatic amines is 1. The van der Waals surface area contributed by atoms with E-state index in [0.29, 0.717) is 5.65 Å². The monoisotopic (exact) mass is 163 g/mol. The third kappa shape index (κ3) is 1.04. The zero-order valence-electron chi connectivity index (χ0n) is 6.65. The van der Waals surface area contributed by atoms with E-state index in [2.05, 4.69) is 20.4 Å². The van der Waals surface area contributed by atoms with Crippen LogP contribution in [0.1, 0.15) is 18.5 Å². The molecular weight excluding hydrogens is 154 g/mol. The fourth-order valence-corrected chi connectivity index (χ4v) is 1.01. The zero-order valence-corrected chi connectivity index (χ0v) is 6.65. The van der Waals surface area contributed by atoms with E-state index in [1.165, 1.54) is 0 Å². The van der Waals surface area contributed by atoms with E-state index in [0.717, 1.165) is 11.1 Å². The molecule has 3 N–H and O–H groups in total. The van der Waals surface area contributed by atoms with E-state index >= 15 is 0 Å². The summed E-state index contributed by atoms with van der Waals surface area (Å²) in [6.45, 7) is 1.91. The maximum Gasteiger partial charge on any atom is 0.201 e. The van der Waals surface area contributed by atoms with Gasteiger partial charge in [0, 0.05) is 12.2 Å². The van der Waals surface area contributed by atoms with Gasteiger partial charge in [0.15, 0.2) is 0 Å². The van der Waals surface area contributed by atoms with E-state index < -0.39 is 0 Å². The summed E-state index contributed by atoms with van der Waals surface area (Å²) in [7, 11) is 0. The molecule has 0 aliphatic rings. The number of hydrogen-bond acceptors (Lipinski definition) is 4. The molecule has 0 bridgehead atoms. The Labute approximate surface area is 69.0 Å². The molecule has 62 valence electrons. The van der Waals surface area contributed by atoms with Crippen molar-refractivity contribution >= 4 is 11.2 Å². The second-order valence-corrected chi connectivity index (χ2v) is 2.72. The molecule has 2 aromatic rings. The summed E-state index contributed by atoms with van der Waals surface area (Å²) in [6.07, 6.45) is 1.72. The Kier molecular flexibility index (Phi) is 1.51. The number of nitrogens with one attached hydrogen (secondary N) is 1. The SMILES string of the molecule is C[C@H](N)c1cnc2n[nH]nc2c1. The highest BCUT2D eigenvalue weighted by Gasteiger charge is 2.03. The van der Waals surface area contributed by atoms with Crippen LogP contribution in [0.5, 0.6) is 0 Å². The Balaban J connectivity index is 2.60. The van der Waals surface area contributed by atoms with Crippen LogP contribution in [0.25, 0.3) is 11.2 Å². The van der Waals surface area contributed by atoms with Crippen LogP contribution in [0.15, 0.2) is 12.3 Å². The van der Waals surface area contributed by atoms with Gasteiger partial charge in [-0.05, 0) is 18.6 Å². The zero-order chi connectivity index (χ0) is 8.55. The first-order chi connectivity index (χ1) is 5.77. The van der Waals surface area contributed by atoms with E-state index in [1.54, 1.807) is 6.20 Å². The Morgan fingerprint density at radius 1 is 1.50 bits per heavy atom. The molecule has 2 heterocycles. The number of nitrogens with two attached hydrogens (primary N) is 1. The van der Waals surface area contributed by atoms with Gasteiger partial charge in [0.25, 0.3) is 0 Å². The molecule has 0 spiro atoms. The third-order valence-corrected chi connectivity index (χ3v) is 1.72. The molecule has 0 fully saturated rings. The van der Waals surface area contributed by atoms with Crippen LogP contribution in [0.2, 0.25) is 0 Å². The Bertz CT molecular complexity index is 391. The summed E-state index contributed by atoms with van der Waals surface area (Å²) in [4.78, 5) is 4.08. The fourth-order valence-electron chi connectivity index (χ4n) is 1.01. The van der Waals surface area contributed by atoms with Gasteiger partial charge < -0.3 is 5.73 Å². The van der Waals surface area contributed by atoms with Crippen molar-refractivity contribution in [1.29, 1.82) is 0 Å². The fraction of sp³-hybridized carbons (Fsp3) is 0.286. The summed E-state index contributed by atoms with van der Waals surface area (Å²) in [6, 6.07) is 1.87. The van der Waals surface area contributed by atoms with Crippen LogP contribution in [-0.4, -0.2) is 20.4 Å². The highest BCUT2D eigenvalue weighted by molar-refractivity contribution is 5.69. The molecule has 0 saturated carbocycles. The predicted molar refractivity (Wildman–Crippen MR) is 44.3 cm³/mol. The highest BCUT2D eigenvalue weighted by atomic mass is 15.3. The van der Waals surface area contributed by atoms with E-state index in [1.807, 2.05) is 13.0 Å². The molecule has 0 amide bonds. The van der Waals surface area contributed by atoms with Crippen molar-refractivity contribution in [3.8, 4) is 0 Å². The first-order valence-electron chi connectivity index (χ1n) is 3.69. The molecule has 0 saturated heterocycles. The minimum absolute atomic E-state index is 0.0152. The summed E-state index contributed by atoms with van der Waals surface area (Å²) < 4.78 is 0. The van der Waals surface area contributed by atoms with Crippen molar-refractivity contribution in [2.75, 3.05) is 0 Å². The van der Waals surface area contributed by atoms with Gasteiger partial charge in [-0.15, -0.1) is 5.10 Å². The quantitative estimate of drug-likeness (QED) is 0.636. The Hall–Kier alpha value is -1.49. The summed E-state index contributed by atoms with van der Waals surface area (Å²) in [5, 5.41) is 10.2. The van der Waals surface area contributed by atoms with Gasteiger partial charge >= 0.3 is 0 Å². The molecule has 5 heteroatoms. The topological polar surface area (TPSA) is 80.5 Å². The lowest BCUT2D eigenvalue weighted by Gasteiger charge is -2.02.